The van der Waals surface area contributed by atoms with Gasteiger partial charge in [0.05, 0.1) is 13.0 Å². The lowest BCUT2D eigenvalue weighted by molar-refractivity contribution is -0.161. The van der Waals surface area contributed by atoms with Crippen LogP contribution in [-0.2, 0) is 9.53 Å². The number of allylic oxidation sites excluding steroid dienone is 10. The third kappa shape index (κ3) is 13.1. The number of methoxy groups -OCH3 is 1. The summed E-state index contributed by atoms with van der Waals surface area (Å²) >= 11 is 0. The maximum Gasteiger partial charge on any atom is 0.449 e. The average Bonchev–Trinajstić information content (AvgIpc) is 2.96. The number of carbonyl (C=O) groups excluding carboxylic acids is 1. The lowest BCUT2D eigenvalue weighted by Gasteiger charge is -2.16. The second-order valence-electron chi connectivity index (χ2n) is 9.85. The molecule has 3 nitrogen and oxygen atoms in total. The van der Waals surface area contributed by atoms with Gasteiger partial charge in [-0.1, -0.05) is 92.6 Å². The summed E-state index contributed by atoms with van der Waals surface area (Å²) in [4.78, 5) is 12.6. The van der Waals surface area contributed by atoms with E-state index in [0.717, 1.165) is 36.1 Å². The van der Waals surface area contributed by atoms with Crippen molar-refractivity contribution in [1.82, 2.24) is 0 Å². The number of hydrogen-bond acceptors (Lipinski definition) is 3. The first-order chi connectivity index (χ1) is 19.8. The van der Waals surface area contributed by atoms with Crippen molar-refractivity contribution in [1.29, 1.82) is 0 Å². The Hall–Kier alpha value is -3.54. The molecule has 0 aliphatic rings. The lowest BCUT2D eigenvalue weighted by atomic mass is 9.98. The number of alkyl halides is 3. The van der Waals surface area contributed by atoms with Gasteiger partial charge in [-0.3, -0.25) is 4.79 Å². The molecule has 2 aromatic carbocycles. The number of benzene rings is 2. The van der Waals surface area contributed by atoms with E-state index in [0.29, 0.717) is 24.2 Å². The standard InChI is InChI=1S/C35H43F3O3/c1-4-5-6-7-8-9-10-11-12-13-14-15-16-17-18-19-20-21-33(35(36,37)38)41-34(39)28(2)29-22-23-31-27-32(40-3)25-24-30(31)26-29/h8-9,11-12,14-15,17-18,21-28H,4-7,10,13,16,19-20H2,1-3H3/b9-8-,12-11-,15-14-,18-17-,33-21+/t28-/m0/s1. The highest BCUT2D eigenvalue weighted by molar-refractivity contribution is 5.87. The van der Waals surface area contributed by atoms with Gasteiger partial charge < -0.3 is 9.47 Å². The summed E-state index contributed by atoms with van der Waals surface area (Å²) in [5.74, 6) is -2.38. The van der Waals surface area contributed by atoms with E-state index in [1.165, 1.54) is 19.3 Å². The summed E-state index contributed by atoms with van der Waals surface area (Å²) in [6.45, 7) is 3.75. The first kappa shape index (κ1) is 33.7. The molecule has 0 N–H and O–H groups in total. The van der Waals surface area contributed by atoms with E-state index in [1.807, 2.05) is 36.4 Å². The fourth-order valence-electron chi connectivity index (χ4n) is 4.06. The Bertz CT molecular complexity index is 1220. The van der Waals surface area contributed by atoms with Crippen molar-refractivity contribution in [3.8, 4) is 5.75 Å². The van der Waals surface area contributed by atoms with Crippen LogP contribution in [0.1, 0.15) is 83.1 Å². The van der Waals surface area contributed by atoms with Crippen LogP contribution in [-0.4, -0.2) is 19.3 Å². The van der Waals surface area contributed by atoms with E-state index in [2.05, 4.69) is 37.3 Å². The van der Waals surface area contributed by atoms with Crippen LogP contribution in [0.15, 0.2) is 96.8 Å². The number of ether oxygens (including phenoxy) is 2. The number of unbranched alkanes of at least 4 members (excludes halogenated alkanes) is 4. The molecule has 41 heavy (non-hydrogen) atoms. The molecule has 1 atom stereocenters. The fourth-order valence-corrected chi connectivity index (χ4v) is 4.06. The van der Waals surface area contributed by atoms with Gasteiger partial charge in [-0.2, -0.15) is 13.2 Å². The van der Waals surface area contributed by atoms with E-state index < -0.39 is 23.8 Å². The van der Waals surface area contributed by atoms with Gasteiger partial charge in [0.15, 0.2) is 0 Å². The summed E-state index contributed by atoms with van der Waals surface area (Å²) in [6, 6.07) is 10.8. The second-order valence-corrected chi connectivity index (χ2v) is 9.85. The lowest BCUT2D eigenvalue weighted by Crippen LogP contribution is -2.21. The van der Waals surface area contributed by atoms with Gasteiger partial charge in [0, 0.05) is 0 Å². The molecule has 0 saturated heterocycles. The van der Waals surface area contributed by atoms with E-state index in [4.69, 9.17) is 9.47 Å². The highest BCUT2D eigenvalue weighted by atomic mass is 19.4. The average molecular weight is 569 g/mol. The van der Waals surface area contributed by atoms with Crippen LogP contribution in [0, 0.1) is 0 Å². The third-order valence-corrected chi connectivity index (χ3v) is 6.54. The number of rotatable bonds is 17. The SMILES string of the molecule is CCCCC/C=C\C/C=C\C/C=C\C/C=C\CC/C=C(/OC(=O)[C@@H](C)c1ccc2cc(OC)ccc2c1)C(F)(F)F. The summed E-state index contributed by atoms with van der Waals surface area (Å²) in [5.41, 5.74) is 0.579. The summed E-state index contributed by atoms with van der Waals surface area (Å²) < 4.78 is 50.7. The van der Waals surface area contributed by atoms with Crippen LogP contribution in [0.5, 0.6) is 5.75 Å². The molecule has 0 aliphatic carbocycles. The molecule has 0 aliphatic heterocycles. The smallest absolute Gasteiger partial charge is 0.449 e. The molecule has 2 aromatic rings. The minimum absolute atomic E-state index is 0.114. The molecule has 222 valence electrons. The minimum Gasteiger partial charge on any atom is -0.497 e. The molecule has 0 amide bonds. The quantitative estimate of drug-likeness (QED) is 0.0824. The fraction of sp³-hybridized carbons (Fsp3) is 0.400. The maximum atomic E-state index is 13.5. The zero-order valence-corrected chi connectivity index (χ0v) is 24.5. The molecule has 0 saturated carbocycles. The Balaban J connectivity index is 1.78. The summed E-state index contributed by atoms with van der Waals surface area (Å²) in [7, 11) is 1.57. The van der Waals surface area contributed by atoms with E-state index in [1.54, 1.807) is 32.2 Å². The molecule has 0 spiro atoms. The molecular weight excluding hydrogens is 525 g/mol. The molecule has 0 fully saturated rings. The van der Waals surface area contributed by atoms with Gasteiger partial charge in [0.2, 0.25) is 5.76 Å². The monoisotopic (exact) mass is 568 g/mol. The van der Waals surface area contributed by atoms with Crippen molar-refractivity contribution in [2.45, 2.75) is 83.7 Å². The number of carbonyl (C=O) groups is 1. The molecule has 2 rings (SSSR count). The Morgan fingerprint density at radius 3 is 2.00 bits per heavy atom. The van der Waals surface area contributed by atoms with E-state index in [-0.39, 0.29) is 6.42 Å². The van der Waals surface area contributed by atoms with E-state index in [9.17, 15) is 18.0 Å². The van der Waals surface area contributed by atoms with Crippen molar-refractivity contribution in [3.63, 3.8) is 0 Å². The topological polar surface area (TPSA) is 35.5 Å². The highest BCUT2D eigenvalue weighted by Gasteiger charge is 2.38. The zero-order chi connectivity index (χ0) is 29.9. The van der Waals surface area contributed by atoms with Gasteiger partial charge in [0.25, 0.3) is 0 Å². The van der Waals surface area contributed by atoms with Crippen LogP contribution < -0.4 is 4.74 Å². The predicted octanol–water partition coefficient (Wildman–Crippen LogP) is 10.7. The third-order valence-electron chi connectivity index (χ3n) is 6.54. The summed E-state index contributed by atoms with van der Waals surface area (Å²) in [6.07, 6.45) is 20.7. The maximum absolute atomic E-state index is 13.5. The van der Waals surface area contributed by atoms with Crippen LogP contribution in [0.2, 0.25) is 0 Å². The minimum atomic E-state index is -4.75. The molecule has 0 unspecified atom stereocenters. The van der Waals surface area contributed by atoms with Crippen molar-refractivity contribution in [2.24, 2.45) is 0 Å². The van der Waals surface area contributed by atoms with Gasteiger partial charge >= 0.3 is 12.1 Å². The Morgan fingerprint density at radius 2 is 1.39 bits per heavy atom. The van der Waals surface area contributed by atoms with Crippen LogP contribution in [0.4, 0.5) is 13.2 Å². The number of esters is 1. The number of fused-ring (bicyclic) bond motifs is 1. The molecule has 0 bridgehead atoms. The van der Waals surface area contributed by atoms with Gasteiger partial charge in [-0.05, 0) is 86.4 Å². The first-order valence-electron chi connectivity index (χ1n) is 14.4. The molecule has 0 heterocycles. The van der Waals surface area contributed by atoms with Crippen LogP contribution >= 0.6 is 0 Å². The van der Waals surface area contributed by atoms with Gasteiger partial charge in [0.1, 0.15) is 5.75 Å². The van der Waals surface area contributed by atoms with Crippen molar-refractivity contribution in [3.05, 3.63) is 102 Å². The second kappa shape index (κ2) is 18.7. The Labute approximate surface area is 243 Å². The van der Waals surface area contributed by atoms with Crippen molar-refractivity contribution in [2.75, 3.05) is 7.11 Å². The Morgan fingerprint density at radius 1 is 0.805 bits per heavy atom. The first-order valence-corrected chi connectivity index (χ1v) is 14.4. The normalized spacial score (nSPS) is 13.8. The van der Waals surface area contributed by atoms with Crippen molar-refractivity contribution >= 4 is 16.7 Å². The molecule has 6 heteroatoms. The Kier molecular flexibility index (Phi) is 15.4. The number of hydrogen-bond donors (Lipinski definition) is 0. The van der Waals surface area contributed by atoms with Gasteiger partial charge in [-0.25, -0.2) is 0 Å². The largest absolute Gasteiger partial charge is 0.497 e. The number of halogens is 3. The predicted molar refractivity (Wildman–Crippen MR) is 163 cm³/mol. The molecule has 0 aromatic heterocycles. The zero-order valence-electron chi connectivity index (χ0n) is 24.5. The molecule has 0 radical (unpaired) electrons. The summed E-state index contributed by atoms with van der Waals surface area (Å²) in [5, 5.41) is 1.76. The van der Waals surface area contributed by atoms with Gasteiger partial charge in [-0.15, -0.1) is 0 Å². The van der Waals surface area contributed by atoms with Crippen molar-refractivity contribution < 1.29 is 27.4 Å². The highest BCUT2D eigenvalue weighted by Crippen LogP contribution is 2.31. The van der Waals surface area contributed by atoms with Crippen LogP contribution in [0.3, 0.4) is 0 Å². The van der Waals surface area contributed by atoms with E-state index >= 15 is 0 Å². The molecular formula is C35H43F3O3. The van der Waals surface area contributed by atoms with Crippen LogP contribution in [0.25, 0.3) is 10.8 Å².